The SMILES string of the molecule is C[C@H](CCc1ccccc1O)N[C@@H]1CCn2c(=O)[nH]c3cccc(c32)[C@H]1O. The maximum Gasteiger partial charge on any atom is 0.326 e. The molecule has 0 aliphatic carbocycles. The number of phenolic OH excluding ortho intramolecular Hbond substituents is 1. The Balaban J connectivity index is 1.48. The molecule has 0 bridgehead atoms. The molecule has 27 heavy (non-hydrogen) atoms. The zero-order chi connectivity index (χ0) is 19.0. The van der Waals surface area contributed by atoms with Crippen molar-refractivity contribution in [3.63, 3.8) is 0 Å². The monoisotopic (exact) mass is 367 g/mol. The van der Waals surface area contributed by atoms with Gasteiger partial charge in [0.1, 0.15) is 5.75 Å². The lowest BCUT2D eigenvalue weighted by atomic mass is 9.98. The second kappa shape index (κ2) is 7.21. The summed E-state index contributed by atoms with van der Waals surface area (Å²) in [6.07, 6.45) is 1.60. The average molecular weight is 367 g/mol. The maximum atomic E-state index is 12.2. The Morgan fingerprint density at radius 3 is 2.89 bits per heavy atom. The molecule has 0 fully saturated rings. The number of aromatic nitrogens is 2. The molecule has 4 N–H and O–H groups in total. The van der Waals surface area contributed by atoms with Crippen LogP contribution in [-0.2, 0) is 13.0 Å². The Morgan fingerprint density at radius 2 is 2.07 bits per heavy atom. The van der Waals surface area contributed by atoms with Gasteiger partial charge < -0.3 is 20.5 Å². The number of aliphatic hydroxyl groups is 1. The number of benzene rings is 2. The highest BCUT2D eigenvalue weighted by atomic mass is 16.3. The first-order valence-corrected chi connectivity index (χ1v) is 9.47. The lowest BCUT2D eigenvalue weighted by Gasteiger charge is -2.26. The van der Waals surface area contributed by atoms with Crippen molar-refractivity contribution in [2.24, 2.45) is 0 Å². The van der Waals surface area contributed by atoms with Crippen LogP contribution in [-0.4, -0.2) is 31.8 Å². The van der Waals surface area contributed by atoms with Crippen LogP contribution in [0.5, 0.6) is 5.75 Å². The minimum absolute atomic E-state index is 0.127. The van der Waals surface area contributed by atoms with Crippen LogP contribution in [0.2, 0.25) is 0 Å². The fourth-order valence-electron chi connectivity index (χ4n) is 4.06. The number of para-hydroxylation sites is 2. The van der Waals surface area contributed by atoms with Crippen molar-refractivity contribution in [2.45, 2.75) is 50.9 Å². The van der Waals surface area contributed by atoms with Crippen LogP contribution >= 0.6 is 0 Å². The third-order valence-electron chi connectivity index (χ3n) is 5.52. The highest BCUT2D eigenvalue weighted by Crippen LogP contribution is 2.30. The van der Waals surface area contributed by atoms with Crippen molar-refractivity contribution in [3.8, 4) is 5.75 Å². The predicted molar refractivity (Wildman–Crippen MR) is 105 cm³/mol. The third kappa shape index (κ3) is 3.38. The van der Waals surface area contributed by atoms with E-state index in [0.717, 1.165) is 35.0 Å². The van der Waals surface area contributed by atoms with Crippen molar-refractivity contribution < 1.29 is 10.2 Å². The Kier molecular flexibility index (Phi) is 4.76. The quantitative estimate of drug-likeness (QED) is 0.558. The van der Waals surface area contributed by atoms with Gasteiger partial charge in [-0.05, 0) is 43.9 Å². The third-order valence-corrected chi connectivity index (χ3v) is 5.52. The number of rotatable bonds is 5. The number of aromatic amines is 1. The van der Waals surface area contributed by atoms with Gasteiger partial charge in [0, 0.05) is 24.2 Å². The second-order valence-corrected chi connectivity index (χ2v) is 7.40. The summed E-state index contributed by atoms with van der Waals surface area (Å²) in [5, 5.41) is 24.4. The lowest BCUT2D eigenvalue weighted by molar-refractivity contribution is 0.119. The maximum absolute atomic E-state index is 12.2. The van der Waals surface area contributed by atoms with E-state index in [4.69, 9.17) is 0 Å². The van der Waals surface area contributed by atoms with E-state index in [0.29, 0.717) is 18.7 Å². The summed E-state index contributed by atoms with van der Waals surface area (Å²) < 4.78 is 1.72. The van der Waals surface area contributed by atoms with Gasteiger partial charge in [0.15, 0.2) is 0 Å². The molecule has 1 aliphatic heterocycles. The van der Waals surface area contributed by atoms with Gasteiger partial charge in [0.2, 0.25) is 0 Å². The van der Waals surface area contributed by atoms with Gasteiger partial charge in [-0.15, -0.1) is 0 Å². The smallest absolute Gasteiger partial charge is 0.326 e. The number of aromatic hydroxyl groups is 1. The molecule has 0 spiro atoms. The van der Waals surface area contributed by atoms with Gasteiger partial charge in [0.05, 0.1) is 17.1 Å². The number of aliphatic hydroxyl groups excluding tert-OH is 1. The predicted octanol–water partition coefficient (Wildman–Crippen LogP) is 2.45. The Bertz CT molecular complexity index is 1010. The summed E-state index contributed by atoms with van der Waals surface area (Å²) >= 11 is 0. The fourth-order valence-corrected chi connectivity index (χ4v) is 4.06. The molecule has 0 unspecified atom stereocenters. The summed E-state index contributed by atoms with van der Waals surface area (Å²) in [6, 6.07) is 13.0. The minimum Gasteiger partial charge on any atom is -0.508 e. The molecular weight excluding hydrogens is 342 g/mol. The fraction of sp³-hybridized carbons (Fsp3) is 0.381. The first kappa shape index (κ1) is 17.8. The largest absolute Gasteiger partial charge is 0.508 e. The van der Waals surface area contributed by atoms with E-state index in [1.54, 1.807) is 10.6 Å². The topological polar surface area (TPSA) is 90.3 Å². The number of nitrogens with zero attached hydrogens (tertiary/aromatic N) is 1. The normalized spacial score (nSPS) is 20.5. The van der Waals surface area contributed by atoms with Crippen molar-refractivity contribution in [1.29, 1.82) is 0 Å². The zero-order valence-corrected chi connectivity index (χ0v) is 15.4. The van der Waals surface area contributed by atoms with Crippen LogP contribution in [0.3, 0.4) is 0 Å². The molecule has 142 valence electrons. The Morgan fingerprint density at radius 1 is 1.26 bits per heavy atom. The molecular formula is C21H25N3O3. The first-order valence-electron chi connectivity index (χ1n) is 9.47. The number of phenols is 1. The van der Waals surface area contributed by atoms with Crippen molar-refractivity contribution in [3.05, 3.63) is 64.1 Å². The van der Waals surface area contributed by atoms with Crippen LogP contribution < -0.4 is 11.0 Å². The number of hydrogen-bond acceptors (Lipinski definition) is 4. The van der Waals surface area contributed by atoms with Crippen LogP contribution in [0, 0.1) is 0 Å². The summed E-state index contributed by atoms with van der Waals surface area (Å²) in [4.78, 5) is 15.1. The van der Waals surface area contributed by atoms with Gasteiger partial charge in [-0.3, -0.25) is 4.57 Å². The molecule has 6 nitrogen and oxygen atoms in total. The summed E-state index contributed by atoms with van der Waals surface area (Å²) in [5.41, 5.74) is 3.16. The minimum atomic E-state index is -0.676. The van der Waals surface area contributed by atoms with Crippen LogP contribution in [0.25, 0.3) is 11.0 Å². The van der Waals surface area contributed by atoms with Crippen molar-refractivity contribution >= 4 is 11.0 Å². The number of H-pyrrole nitrogens is 1. The molecule has 6 heteroatoms. The number of nitrogens with one attached hydrogen (secondary N) is 2. The van der Waals surface area contributed by atoms with Gasteiger partial charge in [-0.1, -0.05) is 30.3 Å². The van der Waals surface area contributed by atoms with E-state index in [2.05, 4.69) is 17.2 Å². The lowest BCUT2D eigenvalue weighted by Crippen LogP contribution is -2.41. The Labute approximate surface area is 157 Å². The summed E-state index contributed by atoms with van der Waals surface area (Å²) in [6.45, 7) is 2.65. The molecule has 3 aromatic rings. The molecule has 2 aromatic carbocycles. The number of imidazole rings is 1. The van der Waals surface area contributed by atoms with Gasteiger partial charge in [-0.25, -0.2) is 4.79 Å². The van der Waals surface area contributed by atoms with Crippen molar-refractivity contribution in [1.82, 2.24) is 14.9 Å². The highest BCUT2D eigenvalue weighted by molar-refractivity contribution is 5.79. The molecule has 2 heterocycles. The van der Waals surface area contributed by atoms with Crippen LogP contribution in [0.15, 0.2) is 47.3 Å². The average Bonchev–Trinajstić information content (AvgIpc) is 2.91. The first-order chi connectivity index (χ1) is 13.0. The molecule has 0 radical (unpaired) electrons. The molecule has 0 saturated carbocycles. The molecule has 1 aliphatic rings. The van der Waals surface area contributed by atoms with Crippen LogP contribution in [0.4, 0.5) is 0 Å². The van der Waals surface area contributed by atoms with Gasteiger partial charge >= 0.3 is 5.69 Å². The van der Waals surface area contributed by atoms with E-state index >= 15 is 0 Å². The molecule has 3 atom stereocenters. The summed E-state index contributed by atoms with van der Waals surface area (Å²) in [7, 11) is 0. The standard InChI is InChI=1S/C21H25N3O3/c1-13(9-10-14-5-2-3-8-18(14)25)22-17-11-12-24-19-15(20(17)26)6-4-7-16(19)23-21(24)27/h2-8,13,17,20,22,25-26H,9-12H2,1H3,(H,23,27)/t13-,17-,20-/m1/s1. The molecule has 0 saturated heterocycles. The van der Waals surface area contributed by atoms with E-state index in [1.165, 1.54) is 0 Å². The number of hydrogen-bond donors (Lipinski definition) is 4. The van der Waals surface area contributed by atoms with Gasteiger partial charge in [0.25, 0.3) is 0 Å². The molecule has 0 amide bonds. The molecule has 4 rings (SSSR count). The van der Waals surface area contributed by atoms with Crippen LogP contribution in [0.1, 0.15) is 37.0 Å². The zero-order valence-electron chi connectivity index (χ0n) is 15.4. The van der Waals surface area contributed by atoms with E-state index < -0.39 is 6.10 Å². The number of aryl methyl sites for hydroxylation is 2. The highest BCUT2D eigenvalue weighted by Gasteiger charge is 2.29. The van der Waals surface area contributed by atoms with Crippen molar-refractivity contribution in [2.75, 3.05) is 0 Å². The summed E-state index contributed by atoms with van der Waals surface area (Å²) in [5.74, 6) is 0.324. The van der Waals surface area contributed by atoms with E-state index in [1.807, 2.05) is 36.4 Å². The molecule has 1 aromatic heterocycles. The Hall–Kier alpha value is -2.57. The second-order valence-electron chi connectivity index (χ2n) is 7.40. The van der Waals surface area contributed by atoms with E-state index in [9.17, 15) is 15.0 Å². The van der Waals surface area contributed by atoms with Gasteiger partial charge in [-0.2, -0.15) is 0 Å². The van der Waals surface area contributed by atoms with E-state index in [-0.39, 0.29) is 17.8 Å².